The van der Waals surface area contributed by atoms with Gasteiger partial charge in [-0.1, -0.05) is 12.1 Å². The highest BCUT2D eigenvalue weighted by Crippen LogP contribution is 2.23. The van der Waals surface area contributed by atoms with Crippen LogP contribution >= 0.6 is 45.2 Å². The molecular formula is C20H18I2N4O2. The highest BCUT2D eigenvalue weighted by Gasteiger charge is 2.07. The van der Waals surface area contributed by atoms with Gasteiger partial charge in [0.15, 0.2) is 0 Å². The maximum Gasteiger partial charge on any atom is 0.247 e. The third kappa shape index (κ3) is 5.16. The molecule has 0 amide bonds. The second-order valence-corrected chi connectivity index (χ2v) is 8.50. The standard InChI is InChI=1S/2C10H9IN2O/c2*1-6-3-4-8(5-9(6)11)10-13-12-7(2)14-10/h2*3-5H,1-2H3. The van der Waals surface area contributed by atoms with Crippen LogP contribution in [-0.4, -0.2) is 20.4 Å². The molecule has 2 aromatic carbocycles. The molecule has 0 saturated heterocycles. The Morgan fingerprint density at radius 2 is 1.00 bits per heavy atom. The first kappa shape index (κ1) is 20.9. The van der Waals surface area contributed by atoms with Crippen molar-refractivity contribution in [2.75, 3.05) is 0 Å². The van der Waals surface area contributed by atoms with E-state index in [0.717, 1.165) is 11.1 Å². The van der Waals surface area contributed by atoms with Crippen molar-refractivity contribution >= 4 is 45.2 Å². The fraction of sp³-hybridized carbons (Fsp3) is 0.200. The van der Waals surface area contributed by atoms with Crippen LogP contribution in [0.2, 0.25) is 0 Å². The van der Waals surface area contributed by atoms with Crippen molar-refractivity contribution in [1.29, 1.82) is 0 Å². The van der Waals surface area contributed by atoms with Crippen molar-refractivity contribution in [2.24, 2.45) is 0 Å². The van der Waals surface area contributed by atoms with Gasteiger partial charge in [-0.2, -0.15) is 0 Å². The van der Waals surface area contributed by atoms with Gasteiger partial charge in [0.05, 0.1) is 0 Å². The number of aromatic nitrogens is 4. The number of halogens is 2. The van der Waals surface area contributed by atoms with Crippen LogP contribution in [0.15, 0.2) is 45.2 Å². The molecule has 0 unspecified atom stereocenters. The summed E-state index contributed by atoms with van der Waals surface area (Å²) in [5.41, 5.74) is 4.46. The average Bonchev–Trinajstić information content (AvgIpc) is 3.29. The molecule has 0 fully saturated rings. The lowest BCUT2D eigenvalue weighted by Gasteiger charge is -1.99. The summed E-state index contributed by atoms with van der Waals surface area (Å²) in [6.07, 6.45) is 0. The molecule has 0 N–H and O–H groups in total. The molecule has 8 heteroatoms. The summed E-state index contributed by atoms with van der Waals surface area (Å²) < 4.78 is 13.1. The minimum Gasteiger partial charge on any atom is -0.421 e. The zero-order valence-electron chi connectivity index (χ0n) is 15.8. The van der Waals surface area contributed by atoms with E-state index in [0.29, 0.717) is 23.6 Å². The third-order valence-corrected chi connectivity index (χ3v) is 6.21. The summed E-state index contributed by atoms with van der Waals surface area (Å²) in [7, 11) is 0. The molecule has 0 saturated carbocycles. The third-order valence-electron chi connectivity index (χ3n) is 3.89. The molecule has 0 bridgehead atoms. The Labute approximate surface area is 190 Å². The zero-order valence-corrected chi connectivity index (χ0v) is 20.1. The second-order valence-electron chi connectivity index (χ2n) is 6.18. The topological polar surface area (TPSA) is 77.8 Å². The van der Waals surface area contributed by atoms with E-state index in [-0.39, 0.29) is 0 Å². The minimum absolute atomic E-state index is 0.584. The van der Waals surface area contributed by atoms with Gasteiger partial charge in [-0.15, -0.1) is 20.4 Å². The summed E-state index contributed by atoms with van der Waals surface area (Å²) in [5.74, 6) is 2.35. The van der Waals surface area contributed by atoms with Crippen molar-refractivity contribution in [2.45, 2.75) is 27.7 Å². The first-order chi connectivity index (χ1) is 13.3. The van der Waals surface area contributed by atoms with Gasteiger partial charge in [-0.3, -0.25) is 0 Å². The predicted octanol–water partition coefficient (Wildman–Crippen LogP) is 5.92. The van der Waals surface area contributed by atoms with Crippen LogP contribution in [0.5, 0.6) is 0 Å². The molecule has 4 rings (SSSR count). The van der Waals surface area contributed by atoms with Crippen LogP contribution in [0.25, 0.3) is 22.9 Å². The second kappa shape index (κ2) is 9.12. The summed E-state index contributed by atoms with van der Waals surface area (Å²) in [4.78, 5) is 0. The number of nitrogens with zero attached hydrogens (tertiary/aromatic N) is 4. The molecule has 0 spiro atoms. The van der Waals surface area contributed by atoms with Crippen molar-refractivity contribution in [3.63, 3.8) is 0 Å². The first-order valence-corrected chi connectivity index (χ1v) is 10.6. The zero-order chi connectivity index (χ0) is 20.3. The molecule has 28 heavy (non-hydrogen) atoms. The first-order valence-electron chi connectivity index (χ1n) is 8.46. The lowest BCUT2D eigenvalue weighted by molar-refractivity contribution is 0.532. The van der Waals surface area contributed by atoms with E-state index < -0.39 is 0 Å². The molecule has 0 aliphatic heterocycles. The fourth-order valence-electron chi connectivity index (χ4n) is 2.28. The molecular weight excluding hydrogens is 582 g/mol. The molecule has 0 aliphatic carbocycles. The molecule has 6 nitrogen and oxygen atoms in total. The van der Waals surface area contributed by atoms with E-state index in [4.69, 9.17) is 8.83 Å². The number of aryl methyl sites for hydroxylation is 4. The van der Waals surface area contributed by atoms with Gasteiger partial charge in [0.2, 0.25) is 23.6 Å². The van der Waals surface area contributed by atoms with Crippen molar-refractivity contribution in [1.82, 2.24) is 20.4 Å². The fourth-order valence-corrected chi connectivity index (χ4v) is 3.31. The number of rotatable bonds is 2. The van der Waals surface area contributed by atoms with Crippen LogP contribution in [0, 0.1) is 34.8 Å². The van der Waals surface area contributed by atoms with Gasteiger partial charge in [0, 0.05) is 32.1 Å². The maximum absolute atomic E-state index is 5.34. The Kier molecular flexibility index (Phi) is 6.81. The van der Waals surface area contributed by atoms with Gasteiger partial charge in [-0.25, -0.2) is 0 Å². The monoisotopic (exact) mass is 600 g/mol. The van der Waals surface area contributed by atoms with Crippen LogP contribution in [0.3, 0.4) is 0 Å². The Balaban J connectivity index is 0.000000161. The Bertz CT molecular complexity index is 1020. The number of hydrogen-bond acceptors (Lipinski definition) is 6. The summed E-state index contributed by atoms with van der Waals surface area (Å²) >= 11 is 4.59. The lowest BCUT2D eigenvalue weighted by Crippen LogP contribution is -1.83. The number of benzene rings is 2. The van der Waals surface area contributed by atoms with E-state index in [1.165, 1.54) is 18.3 Å². The lowest BCUT2D eigenvalue weighted by atomic mass is 10.1. The van der Waals surface area contributed by atoms with Crippen LogP contribution < -0.4 is 0 Å². The molecule has 4 aromatic rings. The Morgan fingerprint density at radius 1 is 0.607 bits per heavy atom. The molecule has 0 aliphatic rings. The van der Waals surface area contributed by atoms with E-state index in [9.17, 15) is 0 Å². The quantitative estimate of drug-likeness (QED) is 0.266. The highest BCUT2D eigenvalue weighted by molar-refractivity contribution is 14.1. The number of hydrogen-bond donors (Lipinski definition) is 0. The average molecular weight is 600 g/mol. The minimum atomic E-state index is 0.584. The Morgan fingerprint density at radius 3 is 1.29 bits per heavy atom. The molecule has 0 radical (unpaired) electrons. The van der Waals surface area contributed by atoms with Crippen molar-refractivity contribution in [3.8, 4) is 22.9 Å². The van der Waals surface area contributed by atoms with Gasteiger partial charge < -0.3 is 8.83 Å². The van der Waals surface area contributed by atoms with Gasteiger partial charge in [-0.05, 0) is 94.4 Å². The Hall–Kier alpha value is -1.82. The van der Waals surface area contributed by atoms with E-state index in [1.807, 2.05) is 24.3 Å². The van der Waals surface area contributed by atoms with Crippen molar-refractivity contribution in [3.05, 3.63) is 66.4 Å². The van der Waals surface area contributed by atoms with Gasteiger partial charge in [0.25, 0.3) is 0 Å². The molecule has 144 valence electrons. The van der Waals surface area contributed by atoms with Crippen LogP contribution in [-0.2, 0) is 0 Å². The predicted molar refractivity (Wildman–Crippen MR) is 124 cm³/mol. The SMILES string of the molecule is Cc1nnc(-c2ccc(C)c(I)c2)o1.Cc1nnc(-c2ccc(C)c(I)c2)o1. The summed E-state index contributed by atoms with van der Waals surface area (Å²) in [6, 6.07) is 12.2. The molecule has 0 atom stereocenters. The highest BCUT2D eigenvalue weighted by atomic mass is 127. The smallest absolute Gasteiger partial charge is 0.247 e. The van der Waals surface area contributed by atoms with Crippen LogP contribution in [0.1, 0.15) is 22.9 Å². The van der Waals surface area contributed by atoms with Gasteiger partial charge in [0.1, 0.15) is 0 Å². The summed E-state index contributed by atoms with van der Waals surface area (Å²) in [5, 5.41) is 15.5. The van der Waals surface area contributed by atoms with E-state index in [2.05, 4.69) is 91.6 Å². The largest absolute Gasteiger partial charge is 0.421 e. The molecule has 2 heterocycles. The van der Waals surface area contributed by atoms with Gasteiger partial charge >= 0.3 is 0 Å². The van der Waals surface area contributed by atoms with Crippen molar-refractivity contribution < 1.29 is 8.83 Å². The maximum atomic E-state index is 5.34. The van der Waals surface area contributed by atoms with Crippen LogP contribution in [0.4, 0.5) is 0 Å². The molecule has 2 aromatic heterocycles. The van der Waals surface area contributed by atoms with E-state index in [1.54, 1.807) is 13.8 Å². The van der Waals surface area contributed by atoms with E-state index >= 15 is 0 Å². The summed E-state index contributed by atoms with van der Waals surface area (Å²) in [6.45, 7) is 7.72. The normalized spacial score (nSPS) is 10.5.